The molecule has 0 saturated carbocycles. The highest BCUT2D eigenvalue weighted by molar-refractivity contribution is 7.89. The number of sulfonamides is 1. The van der Waals surface area contributed by atoms with Crippen LogP contribution in [0.15, 0.2) is 132 Å². The van der Waals surface area contributed by atoms with Crippen LogP contribution in [-0.4, -0.2) is 56.3 Å². The first-order valence-electron chi connectivity index (χ1n) is 20.8. The van der Waals surface area contributed by atoms with Crippen molar-refractivity contribution in [3.05, 3.63) is 171 Å². The summed E-state index contributed by atoms with van der Waals surface area (Å²) in [5.41, 5.74) is 6.39. The van der Waals surface area contributed by atoms with Gasteiger partial charge in [0.05, 0.1) is 33.7 Å². The number of halogens is 2. The molecule has 0 aromatic heterocycles. The Hall–Kier alpha value is -6.89. The topological polar surface area (TPSA) is 173 Å². The number of hydrogen-bond acceptors (Lipinski definition) is 10. The van der Waals surface area contributed by atoms with Crippen LogP contribution in [0.25, 0.3) is 11.1 Å². The molecule has 2 amide bonds. The molecule has 3 atom stereocenters. The molecule has 0 fully saturated rings. The second kappa shape index (κ2) is 19.7. The SMILES string of the molecule is COC(=O)[C@H](Cc1ccc(-c2ccc(C#N)cc2)cc1)NC(=O)C1Cc2cc3c(cc2CN1S(=O)(=O)c1ccc(NC(C)=O)cc1)O[C@@H](c1ccc(OCc2ccc(Cl)c(Cl)c2)cc1)CO3. The van der Waals surface area contributed by atoms with Crippen molar-refractivity contribution < 1.29 is 41.7 Å². The first-order valence-corrected chi connectivity index (χ1v) is 23.0. The summed E-state index contributed by atoms with van der Waals surface area (Å²) >= 11 is 12.2. The zero-order chi connectivity index (χ0) is 46.5. The van der Waals surface area contributed by atoms with E-state index in [1.807, 2.05) is 66.7 Å². The van der Waals surface area contributed by atoms with Crippen molar-refractivity contribution in [3.8, 4) is 34.4 Å². The highest BCUT2D eigenvalue weighted by Crippen LogP contribution is 2.42. The number of benzene rings is 6. The van der Waals surface area contributed by atoms with E-state index in [1.54, 1.807) is 36.4 Å². The van der Waals surface area contributed by atoms with Crippen LogP contribution in [0.3, 0.4) is 0 Å². The number of fused-ring (bicyclic) bond motifs is 2. The van der Waals surface area contributed by atoms with Crippen molar-refractivity contribution in [2.75, 3.05) is 19.0 Å². The van der Waals surface area contributed by atoms with Gasteiger partial charge < -0.3 is 29.6 Å². The lowest BCUT2D eigenvalue weighted by Crippen LogP contribution is -2.56. The number of nitrogens with one attached hydrogen (secondary N) is 2. The third-order valence-corrected chi connectivity index (χ3v) is 13.9. The van der Waals surface area contributed by atoms with Gasteiger partial charge in [-0.2, -0.15) is 9.57 Å². The Labute approximate surface area is 391 Å². The predicted octanol–water partition coefficient (Wildman–Crippen LogP) is 8.60. The summed E-state index contributed by atoms with van der Waals surface area (Å²) in [6.07, 6.45) is -0.492. The van der Waals surface area contributed by atoms with Gasteiger partial charge in [0, 0.05) is 25.6 Å². The lowest BCUT2D eigenvalue weighted by atomic mass is 9.93. The van der Waals surface area contributed by atoms with E-state index in [0.29, 0.717) is 61.8 Å². The number of anilines is 1. The molecule has 2 aliphatic heterocycles. The third kappa shape index (κ3) is 10.3. The third-order valence-electron chi connectivity index (χ3n) is 11.3. The lowest BCUT2D eigenvalue weighted by Gasteiger charge is -2.37. The number of amides is 2. The van der Waals surface area contributed by atoms with Gasteiger partial charge in [0.15, 0.2) is 17.6 Å². The Morgan fingerprint density at radius 1 is 0.833 bits per heavy atom. The van der Waals surface area contributed by atoms with Gasteiger partial charge in [-0.3, -0.25) is 9.59 Å². The molecule has 0 spiro atoms. The molecule has 336 valence electrons. The maximum atomic E-state index is 14.6. The summed E-state index contributed by atoms with van der Waals surface area (Å²) in [6, 6.07) is 36.1. The van der Waals surface area contributed by atoms with E-state index in [9.17, 15) is 22.8 Å². The molecule has 0 aliphatic carbocycles. The van der Waals surface area contributed by atoms with Gasteiger partial charge in [0.1, 0.15) is 31.0 Å². The molecule has 6 aromatic rings. The zero-order valence-electron chi connectivity index (χ0n) is 35.6. The molecule has 2 aliphatic rings. The maximum absolute atomic E-state index is 14.6. The molecule has 0 saturated heterocycles. The largest absolute Gasteiger partial charge is 0.489 e. The number of ether oxygens (including phenoxy) is 4. The molecule has 13 nitrogen and oxygen atoms in total. The summed E-state index contributed by atoms with van der Waals surface area (Å²) < 4.78 is 54.0. The monoisotopic (exact) mass is 944 g/mol. The van der Waals surface area contributed by atoms with Gasteiger partial charge in [-0.25, -0.2) is 13.2 Å². The van der Waals surface area contributed by atoms with E-state index in [-0.39, 0.29) is 36.8 Å². The summed E-state index contributed by atoms with van der Waals surface area (Å²) in [5.74, 6) is -0.264. The molecule has 2 heterocycles. The quantitative estimate of drug-likeness (QED) is 0.107. The van der Waals surface area contributed by atoms with E-state index in [4.69, 9.17) is 47.4 Å². The minimum Gasteiger partial charge on any atom is -0.489 e. The maximum Gasteiger partial charge on any atom is 0.328 e. The molecule has 8 rings (SSSR count). The minimum absolute atomic E-state index is 0.0543. The Bertz CT molecular complexity index is 2940. The number of nitriles is 1. The first kappa shape index (κ1) is 45.7. The van der Waals surface area contributed by atoms with Crippen LogP contribution in [0.2, 0.25) is 10.0 Å². The van der Waals surface area contributed by atoms with Gasteiger partial charge in [0.25, 0.3) is 0 Å². The predicted molar refractivity (Wildman–Crippen MR) is 248 cm³/mol. The van der Waals surface area contributed by atoms with Gasteiger partial charge in [-0.1, -0.05) is 77.8 Å². The van der Waals surface area contributed by atoms with Crippen molar-refractivity contribution in [1.82, 2.24) is 9.62 Å². The first-order chi connectivity index (χ1) is 31.8. The Balaban J connectivity index is 1.03. The van der Waals surface area contributed by atoms with Crippen LogP contribution in [0.5, 0.6) is 17.2 Å². The van der Waals surface area contributed by atoms with Crippen molar-refractivity contribution >= 4 is 56.7 Å². The van der Waals surface area contributed by atoms with Gasteiger partial charge in [-0.05, 0) is 118 Å². The average Bonchev–Trinajstić information content (AvgIpc) is 3.33. The summed E-state index contributed by atoms with van der Waals surface area (Å²) in [5, 5.41) is 15.5. The van der Waals surface area contributed by atoms with E-state index >= 15 is 0 Å². The molecule has 2 N–H and O–H groups in total. The fraction of sp³-hybridized carbons (Fsp3) is 0.200. The van der Waals surface area contributed by atoms with Crippen molar-refractivity contribution in [2.45, 2.75) is 56.0 Å². The minimum atomic E-state index is -4.38. The normalized spacial score (nSPS) is 15.9. The Kier molecular flexibility index (Phi) is 13.6. The molecule has 66 heavy (non-hydrogen) atoms. The highest BCUT2D eigenvalue weighted by atomic mass is 35.5. The second-order valence-corrected chi connectivity index (χ2v) is 18.4. The average molecular weight is 946 g/mol. The van der Waals surface area contributed by atoms with Crippen molar-refractivity contribution in [2.24, 2.45) is 0 Å². The van der Waals surface area contributed by atoms with Crippen molar-refractivity contribution in [3.63, 3.8) is 0 Å². The Morgan fingerprint density at radius 2 is 1.50 bits per heavy atom. The van der Waals surface area contributed by atoms with Crippen molar-refractivity contribution in [1.29, 1.82) is 5.26 Å². The van der Waals surface area contributed by atoms with E-state index in [2.05, 4.69) is 16.7 Å². The molecule has 1 unspecified atom stereocenters. The van der Waals surface area contributed by atoms with E-state index in [0.717, 1.165) is 26.6 Å². The van der Waals surface area contributed by atoms with Gasteiger partial charge >= 0.3 is 5.97 Å². The molecular weight excluding hydrogens is 904 g/mol. The molecule has 6 aromatic carbocycles. The summed E-state index contributed by atoms with van der Waals surface area (Å²) in [4.78, 5) is 39.3. The lowest BCUT2D eigenvalue weighted by molar-refractivity contribution is -0.145. The zero-order valence-corrected chi connectivity index (χ0v) is 38.0. The van der Waals surface area contributed by atoms with E-state index in [1.165, 1.54) is 38.3 Å². The molecule has 0 radical (unpaired) electrons. The number of nitrogens with zero attached hydrogens (tertiary/aromatic N) is 2. The number of esters is 1. The molecule has 16 heteroatoms. The standard InChI is InChI=1S/C50H42Cl2N4O9S/c1-30(57)54-39-14-18-41(19-15-39)66(60,61)56-27-38-25-47-46(64-29-48(65-47)36-12-16-40(17-13-36)63-28-33-7-20-42(51)43(52)21-33)24-37(38)23-45(56)49(58)55-44(50(59)62-2)22-31-3-8-34(9-4-31)35-10-5-32(26-53)6-11-35/h3-21,24-25,44-45,48H,22-23,27-29H2,1-2H3,(H,54,57)(H,55,58)/t44-,45?,48+/m0/s1. The van der Waals surface area contributed by atoms with Crippen LogP contribution >= 0.6 is 23.2 Å². The second-order valence-electron chi connectivity index (χ2n) is 15.7. The van der Waals surface area contributed by atoms with Crippen LogP contribution in [-0.2, 0) is 55.1 Å². The van der Waals surface area contributed by atoms with Gasteiger partial charge in [0.2, 0.25) is 21.8 Å². The number of carbonyl (C=O) groups is 3. The summed E-state index contributed by atoms with van der Waals surface area (Å²) in [6.45, 7) is 1.60. The van der Waals surface area contributed by atoms with Crippen LogP contribution < -0.4 is 24.8 Å². The van der Waals surface area contributed by atoms with Crippen LogP contribution in [0.1, 0.15) is 46.4 Å². The summed E-state index contributed by atoms with van der Waals surface area (Å²) in [7, 11) is -3.16. The molecular formula is C50H42Cl2N4O9S. The Morgan fingerprint density at radius 3 is 2.15 bits per heavy atom. The number of hydrogen-bond donors (Lipinski definition) is 2. The smallest absolute Gasteiger partial charge is 0.328 e. The van der Waals surface area contributed by atoms with Crippen LogP contribution in [0, 0.1) is 11.3 Å². The van der Waals surface area contributed by atoms with Crippen LogP contribution in [0.4, 0.5) is 5.69 Å². The molecule has 0 bridgehead atoms. The fourth-order valence-corrected chi connectivity index (χ4v) is 9.69. The highest BCUT2D eigenvalue weighted by Gasteiger charge is 2.42. The number of carbonyl (C=O) groups excluding carboxylic acids is 3. The fourth-order valence-electron chi connectivity index (χ4n) is 7.80. The number of rotatable bonds is 13. The van der Waals surface area contributed by atoms with Gasteiger partial charge in [-0.15, -0.1) is 0 Å². The number of methoxy groups -OCH3 is 1. The van der Waals surface area contributed by atoms with E-state index < -0.39 is 40.1 Å².